The van der Waals surface area contributed by atoms with Crippen molar-refractivity contribution in [1.29, 1.82) is 0 Å². The molecule has 0 spiro atoms. The molecule has 0 unspecified atom stereocenters. The van der Waals surface area contributed by atoms with Crippen LogP contribution in [0, 0.1) is 13.8 Å². The number of hydrogen-bond acceptors (Lipinski definition) is 3. The van der Waals surface area contributed by atoms with Crippen molar-refractivity contribution in [3.63, 3.8) is 0 Å². The van der Waals surface area contributed by atoms with Crippen molar-refractivity contribution in [3.8, 4) is 5.75 Å². The van der Waals surface area contributed by atoms with E-state index in [4.69, 9.17) is 9.47 Å². The van der Waals surface area contributed by atoms with Crippen molar-refractivity contribution < 1.29 is 14.3 Å². The molecule has 0 atom stereocenters. The van der Waals surface area contributed by atoms with E-state index in [9.17, 15) is 4.79 Å². The molecule has 1 aromatic carbocycles. The van der Waals surface area contributed by atoms with Crippen molar-refractivity contribution in [2.24, 2.45) is 0 Å². The second-order valence-corrected chi connectivity index (χ2v) is 5.42. The Bertz CT molecular complexity index is 537. The number of ether oxygens (including phenoxy) is 2. The Hall–Kier alpha value is -1.81. The average Bonchev–Trinajstić information content (AvgIpc) is 2.49. The van der Waals surface area contributed by atoms with Gasteiger partial charge in [-0.3, -0.25) is 4.79 Å². The predicted molar refractivity (Wildman–Crippen MR) is 82.6 cm³/mol. The lowest BCUT2D eigenvalue weighted by Crippen LogP contribution is -2.38. The van der Waals surface area contributed by atoms with Gasteiger partial charge in [-0.25, -0.2) is 0 Å². The average molecular weight is 289 g/mol. The first-order chi connectivity index (χ1) is 10.1. The van der Waals surface area contributed by atoms with Crippen LogP contribution in [0.4, 0.5) is 0 Å². The molecular weight excluding hydrogens is 266 g/mol. The van der Waals surface area contributed by atoms with Crippen LogP contribution in [-0.4, -0.2) is 44.2 Å². The van der Waals surface area contributed by atoms with Gasteiger partial charge >= 0.3 is 0 Å². The fourth-order valence-electron chi connectivity index (χ4n) is 2.29. The fraction of sp³-hybridized carbons (Fsp3) is 0.471. The molecule has 1 aliphatic rings. The summed E-state index contributed by atoms with van der Waals surface area (Å²) in [7, 11) is 1.69. The van der Waals surface area contributed by atoms with Gasteiger partial charge in [-0.2, -0.15) is 0 Å². The third kappa shape index (κ3) is 4.33. The molecular formula is C17H23NO3. The molecule has 1 amide bonds. The standard InChI is InChI=1S/C17H23NO3/c1-13-4-5-16(10-14(13)2)21-12-17(19)18-8-6-15(7-9-18)11-20-3/h4-6,10H,7-9,11-12H2,1-3H3. The lowest BCUT2D eigenvalue weighted by atomic mass is 10.1. The molecule has 0 radical (unpaired) electrons. The Morgan fingerprint density at radius 2 is 2.10 bits per heavy atom. The van der Waals surface area contributed by atoms with Crippen LogP contribution in [0.3, 0.4) is 0 Å². The minimum Gasteiger partial charge on any atom is -0.484 e. The number of carbonyl (C=O) groups excluding carboxylic acids is 1. The van der Waals surface area contributed by atoms with Gasteiger partial charge in [-0.05, 0) is 49.1 Å². The first-order valence-electron chi connectivity index (χ1n) is 7.25. The quantitative estimate of drug-likeness (QED) is 0.782. The molecule has 21 heavy (non-hydrogen) atoms. The second-order valence-electron chi connectivity index (χ2n) is 5.42. The van der Waals surface area contributed by atoms with E-state index in [2.05, 4.69) is 13.0 Å². The third-order valence-corrected chi connectivity index (χ3v) is 3.83. The fourth-order valence-corrected chi connectivity index (χ4v) is 2.29. The van der Waals surface area contributed by atoms with Crippen LogP contribution in [0.2, 0.25) is 0 Å². The van der Waals surface area contributed by atoms with Gasteiger partial charge in [-0.1, -0.05) is 12.1 Å². The van der Waals surface area contributed by atoms with E-state index in [0.29, 0.717) is 13.2 Å². The maximum Gasteiger partial charge on any atom is 0.260 e. The number of nitrogens with zero attached hydrogens (tertiary/aromatic N) is 1. The van der Waals surface area contributed by atoms with Crippen molar-refractivity contribution in [2.45, 2.75) is 20.3 Å². The SMILES string of the molecule is COCC1=CCN(C(=O)COc2ccc(C)c(C)c2)CC1. The van der Waals surface area contributed by atoms with Gasteiger partial charge in [-0.15, -0.1) is 0 Å². The summed E-state index contributed by atoms with van der Waals surface area (Å²) in [5, 5.41) is 0. The first-order valence-corrected chi connectivity index (χ1v) is 7.25. The summed E-state index contributed by atoms with van der Waals surface area (Å²) in [5.41, 5.74) is 3.65. The zero-order valence-electron chi connectivity index (χ0n) is 13.0. The molecule has 0 saturated carbocycles. The second kappa shape index (κ2) is 7.27. The molecule has 0 bridgehead atoms. The minimum atomic E-state index is 0.0287. The number of carbonyl (C=O) groups is 1. The summed E-state index contributed by atoms with van der Waals surface area (Å²) in [6.07, 6.45) is 2.95. The number of amides is 1. The Morgan fingerprint density at radius 1 is 1.29 bits per heavy atom. The van der Waals surface area contributed by atoms with Crippen LogP contribution < -0.4 is 4.74 Å². The summed E-state index contributed by atoms with van der Waals surface area (Å²) < 4.78 is 10.7. The molecule has 0 saturated heterocycles. The van der Waals surface area contributed by atoms with Gasteiger partial charge in [0.05, 0.1) is 6.61 Å². The predicted octanol–water partition coefficient (Wildman–Crippen LogP) is 2.49. The molecule has 0 aliphatic carbocycles. The van der Waals surface area contributed by atoms with Crippen LogP contribution in [0.5, 0.6) is 5.75 Å². The van der Waals surface area contributed by atoms with E-state index < -0.39 is 0 Å². The summed E-state index contributed by atoms with van der Waals surface area (Å²) in [4.78, 5) is 13.9. The van der Waals surface area contributed by atoms with Crippen LogP contribution in [0.1, 0.15) is 17.5 Å². The molecule has 1 aromatic rings. The summed E-state index contributed by atoms with van der Waals surface area (Å²) in [5.74, 6) is 0.778. The van der Waals surface area contributed by atoms with Crippen LogP contribution in [0.25, 0.3) is 0 Å². The topological polar surface area (TPSA) is 38.8 Å². The van der Waals surface area contributed by atoms with Crippen LogP contribution >= 0.6 is 0 Å². The normalized spacial score (nSPS) is 14.8. The molecule has 0 aromatic heterocycles. The number of hydrogen-bond donors (Lipinski definition) is 0. The highest BCUT2D eigenvalue weighted by atomic mass is 16.5. The molecule has 0 N–H and O–H groups in total. The van der Waals surface area contributed by atoms with Crippen LogP contribution in [-0.2, 0) is 9.53 Å². The van der Waals surface area contributed by atoms with Crippen molar-refractivity contribution >= 4 is 5.91 Å². The zero-order valence-corrected chi connectivity index (χ0v) is 13.0. The number of benzene rings is 1. The number of aryl methyl sites for hydroxylation is 2. The van der Waals surface area contributed by atoms with E-state index in [-0.39, 0.29) is 12.5 Å². The zero-order chi connectivity index (χ0) is 15.2. The monoisotopic (exact) mass is 289 g/mol. The maximum atomic E-state index is 12.1. The van der Waals surface area contributed by atoms with E-state index in [0.717, 1.165) is 18.7 Å². The minimum absolute atomic E-state index is 0.0287. The van der Waals surface area contributed by atoms with E-state index in [1.54, 1.807) is 7.11 Å². The largest absolute Gasteiger partial charge is 0.484 e. The third-order valence-electron chi connectivity index (χ3n) is 3.83. The van der Waals surface area contributed by atoms with Gasteiger partial charge in [0.2, 0.25) is 0 Å². The van der Waals surface area contributed by atoms with Gasteiger partial charge in [0.15, 0.2) is 6.61 Å². The number of methoxy groups -OCH3 is 1. The first kappa shape index (κ1) is 15.6. The Kier molecular flexibility index (Phi) is 5.39. The van der Waals surface area contributed by atoms with Crippen molar-refractivity contribution in [1.82, 2.24) is 4.90 Å². The smallest absolute Gasteiger partial charge is 0.260 e. The number of rotatable bonds is 5. The van der Waals surface area contributed by atoms with E-state index >= 15 is 0 Å². The van der Waals surface area contributed by atoms with Crippen LogP contribution in [0.15, 0.2) is 29.8 Å². The molecule has 1 heterocycles. The van der Waals surface area contributed by atoms with Gasteiger partial charge in [0.1, 0.15) is 5.75 Å². The Labute approximate surface area is 126 Å². The molecule has 2 rings (SSSR count). The maximum absolute atomic E-state index is 12.1. The highest BCUT2D eigenvalue weighted by Crippen LogP contribution is 2.17. The lowest BCUT2D eigenvalue weighted by molar-refractivity contribution is -0.133. The highest BCUT2D eigenvalue weighted by Gasteiger charge is 2.17. The van der Waals surface area contributed by atoms with Gasteiger partial charge in [0, 0.05) is 20.2 Å². The molecule has 4 nitrogen and oxygen atoms in total. The molecule has 1 aliphatic heterocycles. The summed E-state index contributed by atoms with van der Waals surface area (Å²) in [6.45, 7) is 6.23. The van der Waals surface area contributed by atoms with Gasteiger partial charge < -0.3 is 14.4 Å². The summed E-state index contributed by atoms with van der Waals surface area (Å²) in [6, 6.07) is 5.88. The lowest BCUT2D eigenvalue weighted by Gasteiger charge is -2.26. The Morgan fingerprint density at radius 3 is 2.71 bits per heavy atom. The van der Waals surface area contributed by atoms with Gasteiger partial charge in [0.25, 0.3) is 5.91 Å². The molecule has 114 valence electrons. The van der Waals surface area contributed by atoms with Crippen molar-refractivity contribution in [2.75, 3.05) is 33.4 Å². The van der Waals surface area contributed by atoms with E-state index in [1.807, 2.05) is 30.0 Å². The highest BCUT2D eigenvalue weighted by molar-refractivity contribution is 5.78. The Balaban J connectivity index is 1.84. The molecule has 4 heteroatoms. The van der Waals surface area contributed by atoms with Crippen molar-refractivity contribution in [3.05, 3.63) is 41.0 Å². The molecule has 0 fully saturated rings. The summed E-state index contributed by atoms with van der Waals surface area (Å²) >= 11 is 0. The van der Waals surface area contributed by atoms with E-state index in [1.165, 1.54) is 16.7 Å².